The predicted molar refractivity (Wildman–Crippen MR) is 95.1 cm³/mol. The Morgan fingerprint density at radius 2 is 1.81 bits per heavy atom. The minimum absolute atomic E-state index is 0.168. The van der Waals surface area contributed by atoms with Gasteiger partial charge in [-0.15, -0.1) is 0 Å². The Bertz CT molecular complexity index is 889. The zero-order valence-electron chi connectivity index (χ0n) is 14.9. The normalized spacial score (nSPS) is 10.7. The number of aromatic nitrogens is 1. The van der Waals surface area contributed by atoms with E-state index in [9.17, 15) is 4.79 Å². The summed E-state index contributed by atoms with van der Waals surface area (Å²) in [4.78, 5) is 21.4. The first-order valence-corrected chi connectivity index (χ1v) is 8.18. The van der Waals surface area contributed by atoms with Gasteiger partial charge in [-0.2, -0.15) is 0 Å². The van der Waals surface area contributed by atoms with Crippen molar-refractivity contribution in [2.75, 3.05) is 20.8 Å². The van der Waals surface area contributed by atoms with E-state index in [1.807, 2.05) is 31.2 Å². The number of amides is 1. The van der Waals surface area contributed by atoms with Crippen LogP contribution in [-0.2, 0) is 11.4 Å². The summed E-state index contributed by atoms with van der Waals surface area (Å²) in [5, 5.41) is 1.09. The van der Waals surface area contributed by atoms with E-state index in [0.29, 0.717) is 24.3 Å². The number of hydroxylamine groups is 2. The molecule has 136 valence electrons. The van der Waals surface area contributed by atoms with Crippen molar-refractivity contribution in [3.05, 3.63) is 53.9 Å². The first-order valence-electron chi connectivity index (χ1n) is 8.18. The minimum Gasteiger partial charge on any atom is -0.494 e. The van der Waals surface area contributed by atoms with E-state index >= 15 is 0 Å². The Hall–Kier alpha value is -3.06. The summed E-state index contributed by atoms with van der Waals surface area (Å²) in [5.41, 5.74) is 1.85. The van der Waals surface area contributed by atoms with Crippen LogP contribution >= 0.6 is 0 Å². The van der Waals surface area contributed by atoms with Gasteiger partial charge in [0.1, 0.15) is 23.6 Å². The molecule has 0 radical (unpaired) electrons. The summed E-state index contributed by atoms with van der Waals surface area (Å²) in [5.74, 6) is 1.32. The first-order chi connectivity index (χ1) is 12.6. The lowest BCUT2D eigenvalue weighted by molar-refractivity contribution is -0.0772. The van der Waals surface area contributed by atoms with Crippen molar-refractivity contribution in [3.8, 4) is 11.5 Å². The molecular formula is C19H20N2O5. The molecule has 0 aliphatic rings. The quantitative estimate of drug-likeness (QED) is 0.604. The summed E-state index contributed by atoms with van der Waals surface area (Å²) < 4.78 is 16.7. The predicted octanol–water partition coefficient (Wildman–Crippen LogP) is 3.44. The highest BCUT2D eigenvalue weighted by Crippen LogP contribution is 2.21. The van der Waals surface area contributed by atoms with Crippen LogP contribution in [0.1, 0.15) is 23.2 Å². The van der Waals surface area contributed by atoms with Crippen molar-refractivity contribution >= 4 is 17.0 Å². The fraction of sp³-hybridized carbons (Fsp3) is 0.263. The van der Waals surface area contributed by atoms with Gasteiger partial charge in [0.2, 0.25) is 0 Å². The molecular weight excluding hydrogens is 336 g/mol. The van der Waals surface area contributed by atoms with E-state index in [4.69, 9.17) is 18.7 Å². The van der Waals surface area contributed by atoms with Gasteiger partial charge in [-0.1, -0.05) is 0 Å². The van der Waals surface area contributed by atoms with Crippen molar-refractivity contribution < 1.29 is 23.5 Å². The molecule has 26 heavy (non-hydrogen) atoms. The highest BCUT2D eigenvalue weighted by atomic mass is 16.7. The van der Waals surface area contributed by atoms with Gasteiger partial charge in [-0.3, -0.25) is 9.63 Å². The van der Waals surface area contributed by atoms with Crippen LogP contribution in [0.2, 0.25) is 0 Å². The average molecular weight is 356 g/mol. The second-order valence-corrected chi connectivity index (χ2v) is 5.47. The standard InChI is InChI=1S/C19H20N2O5/c1-4-24-14-6-8-15(9-7-14)25-12-13-5-10-17-16(20-13)11-18(26-17)19(22)21(2)23-3/h5-11H,4,12H2,1-3H3. The molecule has 3 rings (SSSR count). The van der Waals surface area contributed by atoms with E-state index in [1.165, 1.54) is 14.2 Å². The fourth-order valence-electron chi connectivity index (χ4n) is 2.35. The summed E-state index contributed by atoms with van der Waals surface area (Å²) in [6.07, 6.45) is 0. The van der Waals surface area contributed by atoms with Crippen LogP contribution in [0, 0.1) is 0 Å². The van der Waals surface area contributed by atoms with Crippen LogP contribution < -0.4 is 9.47 Å². The maximum atomic E-state index is 12.1. The molecule has 7 heteroatoms. The number of furan rings is 1. The van der Waals surface area contributed by atoms with Crippen LogP contribution in [0.25, 0.3) is 11.1 Å². The second kappa shape index (κ2) is 7.88. The third-order valence-corrected chi connectivity index (χ3v) is 3.72. The summed E-state index contributed by atoms with van der Waals surface area (Å²) in [6, 6.07) is 12.6. The lowest BCUT2D eigenvalue weighted by atomic mass is 10.3. The van der Waals surface area contributed by atoms with Crippen LogP contribution in [0.3, 0.4) is 0 Å². The van der Waals surface area contributed by atoms with Gasteiger partial charge in [0.05, 0.1) is 19.4 Å². The number of ether oxygens (including phenoxy) is 2. The van der Waals surface area contributed by atoms with Crippen molar-refractivity contribution in [1.29, 1.82) is 0 Å². The molecule has 0 spiro atoms. The van der Waals surface area contributed by atoms with E-state index in [2.05, 4.69) is 4.98 Å². The summed E-state index contributed by atoms with van der Waals surface area (Å²) in [7, 11) is 2.92. The fourth-order valence-corrected chi connectivity index (χ4v) is 2.35. The Morgan fingerprint density at radius 3 is 2.46 bits per heavy atom. The topological polar surface area (TPSA) is 74.0 Å². The first kappa shape index (κ1) is 17.8. The molecule has 0 N–H and O–H groups in total. The molecule has 1 amide bonds. The third kappa shape index (κ3) is 3.94. The molecule has 0 fully saturated rings. The molecule has 1 aromatic carbocycles. The SMILES string of the molecule is CCOc1ccc(OCc2ccc3oc(C(=O)N(C)OC)cc3n2)cc1. The molecule has 0 saturated carbocycles. The molecule has 0 unspecified atom stereocenters. The third-order valence-electron chi connectivity index (χ3n) is 3.72. The number of hydrogen-bond donors (Lipinski definition) is 0. The van der Waals surface area contributed by atoms with Gasteiger partial charge in [-0.05, 0) is 43.3 Å². The smallest absolute Gasteiger partial charge is 0.312 e. The number of rotatable bonds is 7. The average Bonchev–Trinajstić information content (AvgIpc) is 3.09. The molecule has 0 bridgehead atoms. The Morgan fingerprint density at radius 1 is 1.12 bits per heavy atom. The monoisotopic (exact) mass is 356 g/mol. The lowest BCUT2D eigenvalue weighted by Gasteiger charge is -2.10. The van der Waals surface area contributed by atoms with Crippen molar-refractivity contribution in [3.63, 3.8) is 0 Å². The van der Waals surface area contributed by atoms with E-state index in [-0.39, 0.29) is 11.7 Å². The van der Waals surface area contributed by atoms with Gasteiger partial charge >= 0.3 is 5.91 Å². The molecule has 3 aromatic rings. The van der Waals surface area contributed by atoms with Gasteiger partial charge < -0.3 is 13.9 Å². The van der Waals surface area contributed by atoms with Crippen molar-refractivity contribution in [2.45, 2.75) is 13.5 Å². The Balaban J connectivity index is 1.69. The van der Waals surface area contributed by atoms with Crippen LogP contribution in [-0.4, -0.2) is 36.7 Å². The second-order valence-electron chi connectivity index (χ2n) is 5.47. The zero-order valence-corrected chi connectivity index (χ0v) is 14.9. The van der Waals surface area contributed by atoms with Crippen molar-refractivity contribution in [2.24, 2.45) is 0 Å². The number of carbonyl (C=O) groups excluding carboxylic acids is 1. The molecule has 2 heterocycles. The molecule has 7 nitrogen and oxygen atoms in total. The molecule has 2 aromatic heterocycles. The Labute approximate surface area is 151 Å². The Kier molecular flexibility index (Phi) is 5.38. The highest BCUT2D eigenvalue weighted by Gasteiger charge is 2.17. The maximum absolute atomic E-state index is 12.1. The number of pyridine rings is 1. The van der Waals surface area contributed by atoms with E-state index < -0.39 is 0 Å². The molecule has 0 aliphatic carbocycles. The largest absolute Gasteiger partial charge is 0.494 e. The number of fused-ring (bicyclic) bond motifs is 1. The van der Waals surface area contributed by atoms with Gasteiger partial charge in [0, 0.05) is 13.1 Å². The van der Waals surface area contributed by atoms with E-state index in [0.717, 1.165) is 22.3 Å². The highest BCUT2D eigenvalue weighted by molar-refractivity contribution is 5.94. The van der Waals surface area contributed by atoms with Gasteiger partial charge in [0.15, 0.2) is 11.3 Å². The van der Waals surface area contributed by atoms with Crippen LogP contribution in [0.15, 0.2) is 46.9 Å². The summed E-state index contributed by atoms with van der Waals surface area (Å²) in [6.45, 7) is 2.87. The van der Waals surface area contributed by atoms with Crippen molar-refractivity contribution in [1.82, 2.24) is 10.0 Å². The molecule has 0 aliphatic heterocycles. The lowest BCUT2D eigenvalue weighted by Crippen LogP contribution is -2.24. The van der Waals surface area contributed by atoms with Gasteiger partial charge in [0.25, 0.3) is 0 Å². The number of hydrogen-bond acceptors (Lipinski definition) is 6. The summed E-state index contributed by atoms with van der Waals surface area (Å²) >= 11 is 0. The van der Waals surface area contributed by atoms with E-state index in [1.54, 1.807) is 18.2 Å². The minimum atomic E-state index is -0.377. The maximum Gasteiger partial charge on any atom is 0.312 e. The van der Waals surface area contributed by atoms with Gasteiger partial charge in [-0.25, -0.2) is 10.0 Å². The number of benzene rings is 1. The molecule has 0 atom stereocenters. The molecule has 0 saturated heterocycles. The zero-order chi connectivity index (χ0) is 18.5. The van der Waals surface area contributed by atoms with Crippen LogP contribution in [0.4, 0.5) is 0 Å². The number of carbonyl (C=O) groups is 1. The number of nitrogens with zero attached hydrogens (tertiary/aromatic N) is 2. The van der Waals surface area contributed by atoms with Crippen LogP contribution in [0.5, 0.6) is 11.5 Å².